The Hall–Kier alpha value is -2.58. The van der Waals surface area contributed by atoms with Crippen molar-refractivity contribution in [3.05, 3.63) is 47.5 Å². The van der Waals surface area contributed by atoms with E-state index >= 15 is 0 Å². The molecule has 26 heavy (non-hydrogen) atoms. The van der Waals surface area contributed by atoms with Gasteiger partial charge in [0.1, 0.15) is 11.5 Å². The zero-order valence-electron chi connectivity index (χ0n) is 15.4. The number of carbonyl (C=O) groups excluding carboxylic acids is 1. The summed E-state index contributed by atoms with van der Waals surface area (Å²) in [6.07, 6.45) is 0. The van der Waals surface area contributed by atoms with E-state index in [9.17, 15) is 13.2 Å². The van der Waals surface area contributed by atoms with E-state index in [1.165, 1.54) is 46.5 Å². The molecule has 0 aromatic heterocycles. The fourth-order valence-electron chi connectivity index (χ4n) is 2.34. The number of hydrogen-bond acceptors (Lipinski definition) is 5. The minimum Gasteiger partial charge on any atom is -0.496 e. The number of hydrogen-bond donors (Lipinski definition) is 1. The summed E-state index contributed by atoms with van der Waals surface area (Å²) in [5, 5.41) is 2.70. The second-order valence-electron chi connectivity index (χ2n) is 5.81. The minimum absolute atomic E-state index is 0.0507. The molecule has 1 N–H and O–H groups in total. The van der Waals surface area contributed by atoms with Crippen molar-refractivity contribution in [2.24, 2.45) is 0 Å². The highest BCUT2D eigenvalue weighted by molar-refractivity contribution is 7.89. The van der Waals surface area contributed by atoms with Crippen molar-refractivity contribution >= 4 is 21.6 Å². The molecule has 2 rings (SSSR count). The fourth-order valence-corrected chi connectivity index (χ4v) is 3.27. The molecule has 0 saturated carbocycles. The molecule has 0 atom stereocenters. The number of carbonyl (C=O) groups is 1. The standard InChI is InChI=1S/C18H22N2O5S/c1-12-6-8-16(24-4)14(10-12)18(21)19-15-11-13(7-9-17(15)25-5)26(22,23)20(2)3/h6-11H,1-5H3,(H,19,21). The first kappa shape index (κ1) is 19.7. The van der Waals surface area contributed by atoms with Gasteiger partial charge in [-0.05, 0) is 37.3 Å². The van der Waals surface area contributed by atoms with Gasteiger partial charge in [0.15, 0.2) is 0 Å². The summed E-state index contributed by atoms with van der Waals surface area (Å²) < 4.78 is 36.2. The fraction of sp³-hybridized carbons (Fsp3) is 0.278. The molecule has 0 fully saturated rings. The van der Waals surface area contributed by atoms with Gasteiger partial charge < -0.3 is 14.8 Å². The lowest BCUT2D eigenvalue weighted by molar-refractivity contribution is 0.102. The average molecular weight is 378 g/mol. The topological polar surface area (TPSA) is 84.9 Å². The van der Waals surface area contributed by atoms with Gasteiger partial charge in [-0.25, -0.2) is 12.7 Å². The zero-order chi connectivity index (χ0) is 19.5. The van der Waals surface area contributed by atoms with Gasteiger partial charge in [-0.2, -0.15) is 0 Å². The lowest BCUT2D eigenvalue weighted by Gasteiger charge is -2.16. The maximum absolute atomic E-state index is 12.7. The highest BCUT2D eigenvalue weighted by atomic mass is 32.2. The van der Waals surface area contributed by atoms with Crippen molar-refractivity contribution in [1.82, 2.24) is 4.31 Å². The van der Waals surface area contributed by atoms with E-state index in [2.05, 4.69) is 5.32 Å². The molecule has 2 aromatic carbocycles. The van der Waals surface area contributed by atoms with Crippen LogP contribution >= 0.6 is 0 Å². The molecule has 0 radical (unpaired) electrons. The third-order valence-electron chi connectivity index (χ3n) is 3.80. The molecule has 0 unspecified atom stereocenters. The Balaban J connectivity index is 2.45. The third kappa shape index (κ3) is 3.97. The predicted octanol–water partition coefficient (Wildman–Crippen LogP) is 2.51. The van der Waals surface area contributed by atoms with Crippen LogP contribution < -0.4 is 14.8 Å². The van der Waals surface area contributed by atoms with E-state index in [-0.39, 0.29) is 10.6 Å². The van der Waals surface area contributed by atoms with Gasteiger partial charge in [-0.3, -0.25) is 4.79 Å². The number of aryl methyl sites for hydroxylation is 1. The Morgan fingerprint density at radius 3 is 2.19 bits per heavy atom. The van der Waals surface area contributed by atoms with E-state index in [1.54, 1.807) is 12.1 Å². The second-order valence-corrected chi connectivity index (χ2v) is 7.96. The summed E-state index contributed by atoms with van der Waals surface area (Å²) in [4.78, 5) is 12.8. The van der Waals surface area contributed by atoms with Crippen molar-refractivity contribution in [1.29, 1.82) is 0 Å². The van der Waals surface area contributed by atoms with E-state index in [0.29, 0.717) is 17.1 Å². The van der Waals surface area contributed by atoms with Gasteiger partial charge in [0.25, 0.3) is 5.91 Å². The molecule has 0 heterocycles. The van der Waals surface area contributed by atoms with Gasteiger partial charge >= 0.3 is 0 Å². The first-order valence-corrected chi connectivity index (χ1v) is 9.21. The molecule has 0 saturated heterocycles. The SMILES string of the molecule is COc1ccc(S(=O)(=O)N(C)C)cc1NC(=O)c1cc(C)ccc1OC. The van der Waals surface area contributed by atoms with Crippen molar-refractivity contribution in [3.63, 3.8) is 0 Å². The van der Waals surface area contributed by atoms with Crippen LogP contribution in [0, 0.1) is 6.92 Å². The Morgan fingerprint density at radius 2 is 1.62 bits per heavy atom. The van der Waals surface area contributed by atoms with Crippen molar-refractivity contribution < 1.29 is 22.7 Å². The molecule has 1 amide bonds. The Labute approximate surface area is 153 Å². The number of amides is 1. The monoisotopic (exact) mass is 378 g/mol. The number of benzene rings is 2. The van der Waals surface area contributed by atoms with Crippen LogP contribution in [0.1, 0.15) is 15.9 Å². The molecule has 140 valence electrons. The summed E-state index contributed by atoms with van der Waals surface area (Å²) in [5.74, 6) is 0.343. The Bertz CT molecular complexity index is 923. The van der Waals surface area contributed by atoms with Gasteiger partial charge in [0.05, 0.1) is 30.4 Å². The van der Waals surface area contributed by atoms with Crippen LogP contribution in [0.3, 0.4) is 0 Å². The highest BCUT2D eigenvalue weighted by Crippen LogP contribution is 2.30. The summed E-state index contributed by atoms with van der Waals surface area (Å²) >= 11 is 0. The first-order valence-electron chi connectivity index (χ1n) is 7.77. The van der Waals surface area contributed by atoms with Crippen LogP contribution in [0.25, 0.3) is 0 Å². The van der Waals surface area contributed by atoms with Gasteiger partial charge in [0, 0.05) is 14.1 Å². The molecule has 0 bridgehead atoms. The molecule has 8 heteroatoms. The van der Waals surface area contributed by atoms with Crippen molar-refractivity contribution in [2.75, 3.05) is 33.6 Å². The van der Waals surface area contributed by atoms with Crippen LogP contribution in [0.4, 0.5) is 5.69 Å². The normalized spacial score (nSPS) is 11.3. The van der Waals surface area contributed by atoms with Crippen LogP contribution in [0.15, 0.2) is 41.3 Å². The number of nitrogens with zero attached hydrogens (tertiary/aromatic N) is 1. The van der Waals surface area contributed by atoms with Crippen LogP contribution in [0.5, 0.6) is 11.5 Å². The summed E-state index contributed by atoms with van der Waals surface area (Å²) in [7, 11) is 2.16. The summed E-state index contributed by atoms with van der Waals surface area (Å²) in [6, 6.07) is 9.53. The number of nitrogens with one attached hydrogen (secondary N) is 1. The maximum atomic E-state index is 12.7. The van der Waals surface area contributed by atoms with Crippen LogP contribution in [0.2, 0.25) is 0 Å². The molecular formula is C18H22N2O5S. The van der Waals surface area contributed by atoms with Crippen LogP contribution in [-0.2, 0) is 10.0 Å². The number of rotatable bonds is 6. The number of anilines is 1. The van der Waals surface area contributed by atoms with Crippen LogP contribution in [-0.4, -0.2) is 46.9 Å². The van der Waals surface area contributed by atoms with Crippen molar-refractivity contribution in [3.8, 4) is 11.5 Å². The first-order chi connectivity index (χ1) is 12.2. The predicted molar refractivity (Wildman–Crippen MR) is 99.6 cm³/mol. The smallest absolute Gasteiger partial charge is 0.259 e. The van der Waals surface area contributed by atoms with E-state index in [1.807, 2.05) is 13.0 Å². The lowest BCUT2D eigenvalue weighted by Crippen LogP contribution is -2.22. The van der Waals surface area contributed by atoms with Crippen molar-refractivity contribution in [2.45, 2.75) is 11.8 Å². The molecular weight excluding hydrogens is 356 g/mol. The zero-order valence-corrected chi connectivity index (χ0v) is 16.2. The lowest BCUT2D eigenvalue weighted by atomic mass is 10.1. The van der Waals surface area contributed by atoms with Gasteiger partial charge in [-0.15, -0.1) is 0 Å². The molecule has 0 spiro atoms. The van der Waals surface area contributed by atoms with E-state index < -0.39 is 15.9 Å². The molecule has 0 aliphatic rings. The summed E-state index contributed by atoms with van der Waals surface area (Å²) in [5.41, 5.74) is 1.49. The van der Waals surface area contributed by atoms with Gasteiger partial charge in [-0.1, -0.05) is 11.6 Å². The minimum atomic E-state index is -3.64. The Morgan fingerprint density at radius 1 is 1.00 bits per heavy atom. The molecule has 0 aliphatic heterocycles. The maximum Gasteiger partial charge on any atom is 0.259 e. The number of ether oxygens (including phenoxy) is 2. The summed E-state index contributed by atoms with van der Waals surface area (Å²) in [6.45, 7) is 1.86. The average Bonchev–Trinajstić information content (AvgIpc) is 2.61. The molecule has 2 aromatic rings. The second kappa shape index (κ2) is 7.76. The third-order valence-corrected chi connectivity index (χ3v) is 5.61. The van der Waals surface area contributed by atoms with E-state index in [4.69, 9.17) is 9.47 Å². The van der Waals surface area contributed by atoms with E-state index in [0.717, 1.165) is 9.87 Å². The highest BCUT2D eigenvalue weighted by Gasteiger charge is 2.21. The van der Waals surface area contributed by atoms with Gasteiger partial charge in [0.2, 0.25) is 10.0 Å². The molecule has 7 nitrogen and oxygen atoms in total. The number of sulfonamides is 1. The molecule has 0 aliphatic carbocycles. The Kier molecular flexibility index (Phi) is 5.89. The quantitative estimate of drug-likeness (QED) is 0.835. The number of methoxy groups -OCH3 is 2. The largest absolute Gasteiger partial charge is 0.496 e.